The van der Waals surface area contributed by atoms with E-state index in [4.69, 9.17) is 5.26 Å². The van der Waals surface area contributed by atoms with Crippen molar-refractivity contribution in [2.45, 2.75) is 5.92 Å². The van der Waals surface area contributed by atoms with Gasteiger partial charge in [-0.3, -0.25) is 4.79 Å². The van der Waals surface area contributed by atoms with Gasteiger partial charge in [-0.05, 0) is 39.5 Å². The minimum Gasteiger partial charge on any atom is -0.291 e. The number of thiophene rings is 2. The Kier molecular flexibility index (Phi) is 3.54. The Bertz CT molecular complexity index is 539. The summed E-state index contributed by atoms with van der Waals surface area (Å²) in [5.41, 5.74) is 0. The first kappa shape index (κ1) is 11.5. The molecule has 0 bridgehead atoms. The molecule has 2 nitrogen and oxygen atoms in total. The third-order valence-corrected chi connectivity index (χ3v) is 4.61. The van der Waals surface area contributed by atoms with Gasteiger partial charge < -0.3 is 0 Å². The number of hydrogen-bond acceptors (Lipinski definition) is 4. The second kappa shape index (κ2) is 4.91. The number of carbonyl (C=O) groups is 1. The Morgan fingerprint density at radius 1 is 1.44 bits per heavy atom. The van der Waals surface area contributed by atoms with Crippen LogP contribution in [0.3, 0.4) is 0 Å². The molecule has 0 saturated carbocycles. The molecule has 0 N–H and O–H groups in total. The molecular weight excluding hydrogens is 306 g/mol. The lowest BCUT2D eigenvalue weighted by atomic mass is 10.0. The predicted octanol–water partition coefficient (Wildman–Crippen LogP) is 4.06. The van der Waals surface area contributed by atoms with E-state index in [-0.39, 0.29) is 5.78 Å². The largest absolute Gasteiger partial charge is 0.291 e. The van der Waals surface area contributed by atoms with Crippen LogP contribution in [-0.2, 0) is 0 Å². The Balaban J connectivity index is 2.31. The van der Waals surface area contributed by atoms with E-state index in [2.05, 4.69) is 22.0 Å². The first-order valence-corrected chi connectivity index (χ1v) is 6.94. The van der Waals surface area contributed by atoms with Crippen LogP contribution < -0.4 is 0 Å². The van der Waals surface area contributed by atoms with Crippen LogP contribution in [-0.4, -0.2) is 5.78 Å². The Hall–Kier alpha value is -0.960. The molecule has 0 aromatic carbocycles. The van der Waals surface area contributed by atoms with E-state index in [1.165, 1.54) is 22.7 Å². The first-order valence-electron chi connectivity index (χ1n) is 4.45. The number of ketones is 1. The SMILES string of the molecule is N#CC(C(=O)c1ccc(Br)s1)c1cccs1. The predicted molar refractivity (Wildman–Crippen MR) is 69.0 cm³/mol. The fraction of sp³-hybridized carbons (Fsp3) is 0.0909. The van der Waals surface area contributed by atoms with Crippen LogP contribution in [0.15, 0.2) is 33.4 Å². The monoisotopic (exact) mass is 311 g/mol. The van der Waals surface area contributed by atoms with Crippen LogP contribution in [0.4, 0.5) is 0 Å². The summed E-state index contributed by atoms with van der Waals surface area (Å²) in [4.78, 5) is 13.5. The molecular formula is C11H6BrNOS2. The maximum absolute atomic E-state index is 12.1. The number of hydrogen-bond donors (Lipinski definition) is 0. The van der Waals surface area contributed by atoms with Crippen molar-refractivity contribution in [1.82, 2.24) is 0 Å². The molecule has 0 aliphatic rings. The van der Waals surface area contributed by atoms with Crippen LogP contribution in [0, 0.1) is 11.3 Å². The molecule has 2 aromatic heterocycles. The van der Waals surface area contributed by atoms with Gasteiger partial charge in [-0.25, -0.2) is 0 Å². The van der Waals surface area contributed by atoms with E-state index in [0.29, 0.717) is 4.88 Å². The zero-order valence-electron chi connectivity index (χ0n) is 8.01. The summed E-state index contributed by atoms with van der Waals surface area (Å²) in [7, 11) is 0. The van der Waals surface area contributed by atoms with Gasteiger partial charge in [-0.15, -0.1) is 22.7 Å². The number of nitrogens with zero attached hydrogens (tertiary/aromatic N) is 1. The summed E-state index contributed by atoms with van der Waals surface area (Å²) in [6, 6.07) is 9.30. The van der Waals surface area contributed by atoms with Gasteiger partial charge in [0.1, 0.15) is 5.92 Å². The number of carbonyl (C=O) groups excluding carboxylic acids is 1. The van der Waals surface area contributed by atoms with E-state index in [0.717, 1.165) is 8.66 Å². The van der Waals surface area contributed by atoms with Gasteiger partial charge >= 0.3 is 0 Å². The van der Waals surface area contributed by atoms with Crippen LogP contribution in [0.2, 0.25) is 0 Å². The van der Waals surface area contributed by atoms with Crippen LogP contribution in [0.5, 0.6) is 0 Å². The van der Waals surface area contributed by atoms with Crippen LogP contribution >= 0.6 is 38.6 Å². The third kappa shape index (κ3) is 2.24. The number of halogens is 1. The maximum Gasteiger partial charge on any atom is 0.195 e. The van der Waals surface area contributed by atoms with Crippen molar-refractivity contribution >= 4 is 44.4 Å². The smallest absolute Gasteiger partial charge is 0.195 e. The number of Topliss-reactive ketones (excluding diaryl/α,β-unsaturated/α-hetero) is 1. The summed E-state index contributed by atoms with van der Waals surface area (Å²) in [5, 5.41) is 10.9. The quantitative estimate of drug-likeness (QED) is 0.802. The van der Waals surface area contributed by atoms with Crippen LogP contribution in [0.25, 0.3) is 0 Å². The van der Waals surface area contributed by atoms with Gasteiger partial charge in [0.25, 0.3) is 0 Å². The number of rotatable bonds is 3. The average molecular weight is 312 g/mol. The van der Waals surface area contributed by atoms with Gasteiger partial charge in [0.05, 0.1) is 14.7 Å². The highest BCUT2D eigenvalue weighted by atomic mass is 79.9. The highest BCUT2D eigenvalue weighted by molar-refractivity contribution is 9.11. The first-order chi connectivity index (χ1) is 7.72. The Morgan fingerprint density at radius 2 is 2.25 bits per heavy atom. The highest BCUT2D eigenvalue weighted by Crippen LogP contribution is 2.29. The molecule has 0 aliphatic carbocycles. The van der Waals surface area contributed by atoms with E-state index in [9.17, 15) is 4.79 Å². The lowest BCUT2D eigenvalue weighted by Gasteiger charge is -2.02. The topological polar surface area (TPSA) is 40.9 Å². The van der Waals surface area contributed by atoms with Crippen molar-refractivity contribution in [2.24, 2.45) is 0 Å². The molecule has 2 aromatic rings. The van der Waals surface area contributed by atoms with Gasteiger partial charge in [0.15, 0.2) is 5.78 Å². The third-order valence-electron chi connectivity index (χ3n) is 2.04. The molecule has 0 radical (unpaired) electrons. The lowest BCUT2D eigenvalue weighted by molar-refractivity contribution is 0.0984. The minimum atomic E-state index is -0.675. The van der Waals surface area contributed by atoms with Crippen molar-refractivity contribution in [3.05, 3.63) is 43.2 Å². The fourth-order valence-corrected chi connectivity index (χ4v) is 3.42. The minimum absolute atomic E-state index is 0.124. The zero-order valence-corrected chi connectivity index (χ0v) is 11.2. The highest BCUT2D eigenvalue weighted by Gasteiger charge is 2.23. The summed E-state index contributed by atoms with van der Waals surface area (Å²) >= 11 is 6.10. The summed E-state index contributed by atoms with van der Waals surface area (Å²) < 4.78 is 0.902. The Labute approximate surface area is 109 Å². The molecule has 80 valence electrons. The lowest BCUT2D eigenvalue weighted by Crippen LogP contribution is -2.08. The van der Waals surface area contributed by atoms with Gasteiger partial charge in [-0.2, -0.15) is 5.26 Å². The van der Waals surface area contributed by atoms with Gasteiger partial charge in [0.2, 0.25) is 0 Å². The van der Waals surface area contributed by atoms with Crippen molar-refractivity contribution in [3.8, 4) is 6.07 Å². The van der Waals surface area contributed by atoms with Crippen molar-refractivity contribution < 1.29 is 4.79 Å². The fourth-order valence-electron chi connectivity index (χ4n) is 1.30. The standard InChI is InChI=1S/C11H6BrNOS2/c12-10-4-3-9(16-10)11(14)7(6-13)8-2-1-5-15-8/h1-5,7H. The molecule has 0 aliphatic heterocycles. The molecule has 0 amide bonds. The molecule has 16 heavy (non-hydrogen) atoms. The molecule has 5 heteroatoms. The average Bonchev–Trinajstić information content (AvgIpc) is 2.90. The van der Waals surface area contributed by atoms with Crippen LogP contribution in [0.1, 0.15) is 20.5 Å². The molecule has 0 fully saturated rings. The van der Waals surface area contributed by atoms with Crippen molar-refractivity contribution in [1.29, 1.82) is 5.26 Å². The van der Waals surface area contributed by atoms with E-state index < -0.39 is 5.92 Å². The Morgan fingerprint density at radius 3 is 2.75 bits per heavy atom. The molecule has 1 atom stereocenters. The zero-order chi connectivity index (χ0) is 11.5. The second-order valence-corrected chi connectivity index (χ2v) is 6.49. The van der Waals surface area contributed by atoms with Gasteiger partial charge in [-0.1, -0.05) is 6.07 Å². The summed E-state index contributed by atoms with van der Waals surface area (Å²) in [5.74, 6) is -0.800. The normalized spacial score (nSPS) is 12.0. The van der Waals surface area contributed by atoms with Crippen molar-refractivity contribution in [2.75, 3.05) is 0 Å². The number of nitriles is 1. The molecule has 2 rings (SSSR count). The summed E-state index contributed by atoms with van der Waals surface area (Å²) in [6.45, 7) is 0. The molecule has 2 heterocycles. The second-order valence-electron chi connectivity index (χ2n) is 3.05. The summed E-state index contributed by atoms with van der Waals surface area (Å²) in [6.07, 6.45) is 0. The van der Waals surface area contributed by atoms with E-state index in [1.54, 1.807) is 6.07 Å². The van der Waals surface area contributed by atoms with Gasteiger partial charge in [0, 0.05) is 4.88 Å². The molecule has 1 unspecified atom stereocenters. The molecule has 0 spiro atoms. The van der Waals surface area contributed by atoms with E-state index in [1.807, 2.05) is 23.6 Å². The molecule has 0 saturated heterocycles. The maximum atomic E-state index is 12.1. The van der Waals surface area contributed by atoms with Crippen molar-refractivity contribution in [3.63, 3.8) is 0 Å². The van der Waals surface area contributed by atoms with E-state index >= 15 is 0 Å².